The predicted molar refractivity (Wildman–Crippen MR) is 70.8 cm³/mol. The summed E-state index contributed by atoms with van der Waals surface area (Å²) in [5, 5.41) is 0. The molecule has 0 aromatic heterocycles. The van der Waals surface area contributed by atoms with Crippen molar-refractivity contribution in [3.63, 3.8) is 0 Å². The average Bonchev–Trinajstić information content (AvgIpc) is 2.30. The highest BCUT2D eigenvalue weighted by atomic mass is 19.4. The molecule has 0 aromatic carbocycles. The number of rotatable bonds is 6. The van der Waals surface area contributed by atoms with Gasteiger partial charge in [-0.2, -0.15) is 26.3 Å². The molecule has 0 amide bonds. The smallest absolute Gasteiger partial charge is 0.434 e. The van der Waals surface area contributed by atoms with E-state index in [1.807, 2.05) is 13.8 Å². The monoisotopic (exact) mass is 366 g/mol. The molecule has 1 atom stereocenters. The Kier molecular flexibility index (Phi) is 7.14. The highest BCUT2D eigenvalue weighted by molar-refractivity contribution is 5.81. The van der Waals surface area contributed by atoms with Crippen LogP contribution in [0.4, 0.5) is 26.3 Å². The summed E-state index contributed by atoms with van der Waals surface area (Å²) in [4.78, 5) is 23.4. The van der Waals surface area contributed by atoms with Crippen LogP contribution in [0, 0.1) is 11.3 Å². The van der Waals surface area contributed by atoms with Crippen LogP contribution in [-0.2, 0) is 19.1 Å². The standard InChI is InChI=1S/C14H20F6O4/c1-7(2)6-12(4,5)11(22)23-8(3)9(21)24-10(13(15,16)17)14(18,19)20/h7-8,10H,6H2,1-5H3. The van der Waals surface area contributed by atoms with Crippen LogP contribution in [0.3, 0.4) is 0 Å². The van der Waals surface area contributed by atoms with E-state index >= 15 is 0 Å². The summed E-state index contributed by atoms with van der Waals surface area (Å²) in [7, 11) is 0. The van der Waals surface area contributed by atoms with Gasteiger partial charge in [0.05, 0.1) is 5.41 Å². The van der Waals surface area contributed by atoms with E-state index in [-0.39, 0.29) is 5.92 Å². The number of hydrogen-bond acceptors (Lipinski definition) is 4. The van der Waals surface area contributed by atoms with Crippen LogP contribution in [0.15, 0.2) is 0 Å². The van der Waals surface area contributed by atoms with Gasteiger partial charge in [-0.3, -0.25) is 4.79 Å². The van der Waals surface area contributed by atoms with Gasteiger partial charge in [-0.05, 0) is 33.1 Å². The van der Waals surface area contributed by atoms with Crippen molar-refractivity contribution in [2.45, 2.75) is 65.6 Å². The fourth-order valence-electron chi connectivity index (χ4n) is 2.00. The van der Waals surface area contributed by atoms with Gasteiger partial charge < -0.3 is 9.47 Å². The van der Waals surface area contributed by atoms with Gasteiger partial charge in [0, 0.05) is 0 Å². The topological polar surface area (TPSA) is 52.6 Å². The maximum absolute atomic E-state index is 12.3. The number of halogens is 6. The first-order valence-corrected chi connectivity index (χ1v) is 7.03. The number of hydrogen-bond donors (Lipinski definition) is 0. The Morgan fingerprint density at radius 1 is 0.875 bits per heavy atom. The van der Waals surface area contributed by atoms with Gasteiger partial charge >= 0.3 is 24.3 Å². The van der Waals surface area contributed by atoms with Gasteiger partial charge in [-0.25, -0.2) is 4.79 Å². The Hall–Kier alpha value is -1.48. The van der Waals surface area contributed by atoms with Crippen LogP contribution >= 0.6 is 0 Å². The molecule has 0 fully saturated rings. The van der Waals surface area contributed by atoms with Gasteiger partial charge in [0.2, 0.25) is 0 Å². The second-order valence-electron chi connectivity index (χ2n) is 6.43. The molecule has 0 bridgehead atoms. The SMILES string of the molecule is CC(C)CC(C)(C)C(=O)OC(C)C(=O)OC(C(F)(F)F)C(F)(F)F. The van der Waals surface area contributed by atoms with Gasteiger partial charge in [-0.15, -0.1) is 0 Å². The number of esters is 2. The van der Waals surface area contributed by atoms with E-state index in [2.05, 4.69) is 9.47 Å². The third-order valence-electron chi connectivity index (χ3n) is 2.92. The Labute approximate surface area is 135 Å². The minimum absolute atomic E-state index is 0.0784. The first-order chi connectivity index (χ1) is 10.5. The molecule has 0 aromatic rings. The van der Waals surface area contributed by atoms with Crippen LogP contribution in [0.5, 0.6) is 0 Å². The molecule has 1 unspecified atom stereocenters. The summed E-state index contributed by atoms with van der Waals surface area (Å²) >= 11 is 0. The third-order valence-corrected chi connectivity index (χ3v) is 2.92. The van der Waals surface area contributed by atoms with Crippen molar-refractivity contribution in [2.75, 3.05) is 0 Å². The lowest BCUT2D eigenvalue weighted by atomic mass is 9.84. The van der Waals surface area contributed by atoms with E-state index in [1.165, 1.54) is 13.8 Å². The minimum Gasteiger partial charge on any atom is -0.450 e. The van der Waals surface area contributed by atoms with Crippen molar-refractivity contribution in [1.82, 2.24) is 0 Å². The molecule has 24 heavy (non-hydrogen) atoms. The molecule has 0 aliphatic heterocycles. The molecule has 4 nitrogen and oxygen atoms in total. The van der Waals surface area contributed by atoms with Gasteiger partial charge in [0.15, 0.2) is 6.10 Å². The van der Waals surface area contributed by atoms with Crippen molar-refractivity contribution in [2.24, 2.45) is 11.3 Å². The predicted octanol–water partition coefficient (Wildman–Crippen LogP) is 4.03. The van der Waals surface area contributed by atoms with E-state index in [0.717, 1.165) is 6.92 Å². The molecule has 0 saturated heterocycles. The summed E-state index contributed by atoms with van der Waals surface area (Å²) in [5.74, 6) is -2.77. The first-order valence-electron chi connectivity index (χ1n) is 7.03. The zero-order valence-corrected chi connectivity index (χ0v) is 13.8. The van der Waals surface area contributed by atoms with Crippen molar-refractivity contribution in [1.29, 1.82) is 0 Å². The zero-order valence-electron chi connectivity index (χ0n) is 13.8. The third kappa shape index (κ3) is 6.96. The van der Waals surface area contributed by atoms with Crippen LogP contribution < -0.4 is 0 Å². The highest BCUT2D eigenvalue weighted by Crippen LogP contribution is 2.36. The lowest BCUT2D eigenvalue weighted by molar-refractivity contribution is -0.314. The Balaban J connectivity index is 4.97. The quantitative estimate of drug-likeness (QED) is 0.526. The van der Waals surface area contributed by atoms with Crippen molar-refractivity contribution < 1.29 is 45.4 Å². The molecule has 0 aliphatic rings. The highest BCUT2D eigenvalue weighted by Gasteiger charge is 2.60. The maximum atomic E-state index is 12.3. The van der Waals surface area contributed by atoms with Crippen LogP contribution in [0.1, 0.15) is 41.0 Å². The van der Waals surface area contributed by atoms with Gasteiger partial charge in [-0.1, -0.05) is 13.8 Å². The minimum atomic E-state index is -5.82. The van der Waals surface area contributed by atoms with Gasteiger partial charge in [0.1, 0.15) is 0 Å². The Morgan fingerprint density at radius 3 is 1.62 bits per heavy atom. The van der Waals surface area contributed by atoms with E-state index in [0.29, 0.717) is 6.42 Å². The fraction of sp³-hybridized carbons (Fsp3) is 0.857. The fourth-order valence-corrected chi connectivity index (χ4v) is 2.00. The molecule has 0 rings (SSSR count). The lowest BCUT2D eigenvalue weighted by Gasteiger charge is -2.27. The van der Waals surface area contributed by atoms with E-state index in [1.54, 1.807) is 0 Å². The maximum Gasteiger partial charge on any atom is 0.434 e. The van der Waals surface area contributed by atoms with E-state index < -0.39 is 41.9 Å². The molecular weight excluding hydrogens is 346 g/mol. The molecule has 142 valence electrons. The molecule has 10 heteroatoms. The molecule has 0 radical (unpaired) electrons. The molecular formula is C14H20F6O4. The summed E-state index contributed by atoms with van der Waals surface area (Å²) < 4.78 is 82.1. The van der Waals surface area contributed by atoms with Crippen LogP contribution in [0.2, 0.25) is 0 Å². The second-order valence-corrected chi connectivity index (χ2v) is 6.43. The molecule has 0 heterocycles. The average molecular weight is 366 g/mol. The second kappa shape index (κ2) is 7.60. The normalized spacial score (nSPS) is 14.7. The number of carbonyl (C=O) groups is 2. The number of ether oxygens (including phenoxy) is 2. The molecule has 0 saturated carbocycles. The summed E-state index contributed by atoms with van der Waals surface area (Å²) in [6.45, 7) is 7.44. The summed E-state index contributed by atoms with van der Waals surface area (Å²) in [5.41, 5.74) is -1.06. The zero-order chi connectivity index (χ0) is 19.5. The van der Waals surface area contributed by atoms with Crippen molar-refractivity contribution >= 4 is 11.9 Å². The van der Waals surface area contributed by atoms with Crippen LogP contribution in [-0.4, -0.2) is 36.5 Å². The number of alkyl halides is 6. The van der Waals surface area contributed by atoms with E-state index in [9.17, 15) is 35.9 Å². The largest absolute Gasteiger partial charge is 0.450 e. The van der Waals surface area contributed by atoms with Crippen molar-refractivity contribution in [3.8, 4) is 0 Å². The van der Waals surface area contributed by atoms with Crippen molar-refractivity contribution in [3.05, 3.63) is 0 Å². The van der Waals surface area contributed by atoms with E-state index in [4.69, 9.17) is 0 Å². The summed E-state index contributed by atoms with van der Waals surface area (Å²) in [6.07, 6.45) is -17.5. The summed E-state index contributed by atoms with van der Waals surface area (Å²) in [6, 6.07) is 0. The first kappa shape index (κ1) is 22.5. The lowest BCUT2D eigenvalue weighted by Crippen LogP contribution is -2.47. The molecule has 0 N–H and O–H groups in total. The molecule has 0 aliphatic carbocycles. The molecule has 0 spiro atoms. The Bertz CT molecular complexity index is 439. The number of carbonyl (C=O) groups excluding carboxylic acids is 2. The Morgan fingerprint density at radius 2 is 1.29 bits per heavy atom. The van der Waals surface area contributed by atoms with Crippen LogP contribution in [0.25, 0.3) is 0 Å². The van der Waals surface area contributed by atoms with Gasteiger partial charge in [0.25, 0.3) is 6.10 Å².